The largest absolute Gasteiger partial charge is 0.385 e. The molecule has 0 spiro atoms. The van der Waals surface area contributed by atoms with Crippen molar-refractivity contribution in [3.8, 4) is 0 Å². The SMILES string of the molecule is COCCCNC(=O)c1ccccc1NC(=O)CN(c1ccc(S(=O)(=O)N(C)C)cc1)S(C)(=O)=O. The second-order valence-electron chi connectivity index (χ2n) is 7.75. The van der Waals surface area contributed by atoms with Crippen molar-refractivity contribution in [2.75, 3.05) is 56.8 Å². The zero-order chi connectivity index (χ0) is 26.2. The van der Waals surface area contributed by atoms with E-state index in [-0.39, 0.29) is 21.8 Å². The molecule has 0 heterocycles. The van der Waals surface area contributed by atoms with Crippen LogP contribution in [0.25, 0.3) is 0 Å². The maximum Gasteiger partial charge on any atom is 0.253 e. The minimum Gasteiger partial charge on any atom is -0.385 e. The van der Waals surface area contributed by atoms with E-state index in [0.29, 0.717) is 19.6 Å². The molecule has 35 heavy (non-hydrogen) atoms. The molecule has 0 fully saturated rings. The van der Waals surface area contributed by atoms with Crippen LogP contribution >= 0.6 is 0 Å². The molecule has 0 bridgehead atoms. The number of ether oxygens (including phenoxy) is 1. The molecule has 0 aromatic heterocycles. The third-order valence-electron chi connectivity index (χ3n) is 4.85. The van der Waals surface area contributed by atoms with Crippen molar-refractivity contribution in [3.63, 3.8) is 0 Å². The highest BCUT2D eigenvalue weighted by Gasteiger charge is 2.23. The number of sulfonamides is 2. The number of amides is 2. The molecule has 2 N–H and O–H groups in total. The number of nitrogens with zero attached hydrogens (tertiary/aromatic N) is 2. The van der Waals surface area contributed by atoms with Gasteiger partial charge in [-0.05, 0) is 42.8 Å². The van der Waals surface area contributed by atoms with Gasteiger partial charge in [-0.1, -0.05) is 12.1 Å². The number of carbonyl (C=O) groups is 2. The maximum atomic E-state index is 12.8. The molecule has 11 nitrogen and oxygen atoms in total. The van der Waals surface area contributed by atoms with E-state index in [0.717, 1.165) is 14.9 Å². The van der Waals surface area contributed by atoms with E-state index in [9.17, 15) is 26.4 Å². The van der Waals surface area contributed by atoms with Gasteiger partial charge in [0.1, 0.15) is 6.54 Å². The predicted octanol–water partition coefficient (Wildman–Crippen LogP) is 1.11. The first-order chi connectivity index (χ1) is 16.4. The van der Waals surface area contributed by atoms with Gasteiger partial charge in [0.2, 0.25) is 26.0 Å². The van der Waals surface area contributed by atoms with Crippen LogP contribution in [0, 0.1) is 0 Å². The summed E-state index contributed by atoms with van der Waals surface area (Å²) in [5, 5.41) is 5.32. The first-order valence-electron chi connectivity index (χ1n) is 10.5. The fourth-order valence-electron chi connectivity index (χ4n) is 3.02. The Labute approximate surface area is 206 Å². The van der Waals surface area contributed by atoms with Gasteiger partial charge < -0.3 is 15.4 Å². The molecule has 2 aromatic carbocycles. The summed E-state index contributed by atoms with van der Waals surface area (Å²) in [5.41, 5.74) is 0.564. The fraction of sp³-hybridized carbons (Fsp3) is 0.364. The van der Waals surface area contributed by atoms with Gasteiger partial charge in [-0.2, -0.15) is 0 Å². The number of hydrogen-bond donors (Lipinski definition) is 2. The van der Waals surface area contributed by atoms with Gasteiger partial charge in [-0.25, -0.2) is 21.1 Å². The first-order valence-corrected chi connectivity index (χ1v) is 13.8. The highest BCUT2D eigenvalue weighted by Crippen LogP contribution is 2.22. The molecule has 0 aliphatic rings. The number of hydrogen-bond acceptors (Lipinski definition) is 7. The smallest absolute Gasteiger partial charge is 0.253 e. The third-order valence-corrected chi connectivity index (χ3v) is 7.82. The number of anilines is 2. The van der Waals surface area contributed by atoms with Crippen LogP contribution < -0.4 is 14.9 Å². The monoisotopic (exact) mass is 526 g/mol. The van der Waals surface area contributed by atoms with Crippen LogP contribution in [0.5, 0.6) is 0 Å². The summed E-state index contributed by atoms with van der Waals surface area (Å²) in [5.74, 6) is -1.07. The minimum atomic E-state index is -3.89. The molecule has 192 valence electrons. The Bertz CT molecular complexity index is 1240. The van der Waals surface area contributed by atoms with E-state index in [1.807, 2.05) is 0 Å². The number of rotatable bonds is 12. The Hall–Kier alpha value is -3.00. The molecule has 0 saturated heterocycles. The Kier molecular flexibility index (Phi) is 9.77. The highest BCUT2D eigenvalue weighted by molar-refractivity contribution is 7.92. The van der Waals surface area contributed by atoms with Crippen LogP contribution in [0.4, 0.5) is 11.4 Å². The molecule has 0 aliphatic heterocycles. The van der Waals surface area contributed by atoms with Gasteiger partial charge >= 0.3 is 0 Å². The molecule has 2 aromatic rings. The highest BCUT2D eigenvalue weighted by atomic mass is 32.2. The summed E-state index contributed by atoms with van der Waals surface area (Å²) in [6.45, 7) is 0.292. The molecule has 2 amide bonds. The molecular weight excluding hydrogens is 496 g/mol. The van der Waals surface area contributed by atoms with Gasteiger partial charge in [0.05, 0.1) is 28.1 Å². The number of benzene rings is 2. The quantitative estimate of drug-likeness (QED) is 0.395. The number of methoxy groups -OCH3 is 1. The average Bonchev–Trinajstić information content (AvgIpc) is 2.80. The summed E-state index contributed by atoms with van der Waals surface area (Å²) in [6.07, 6.45) is 1.56. The maximum absolute atomic E-state index is 12.8. The molecule has 13 heteroatoms. The van der Waals surface area contributed by atoms with Crippen molar-refractivity contribution >= 4 is 43.2 Å². The predicted molar refractivity (Wildman–Crippen MR) is 133 cm³/mol. The van der Waals surface area contributed by atoms with Crippen LogP contribution in [0.15, 0.2) is 53.4 Å². The lowest BCUT2D eigenvalue weighted by Crippen LogP contribution is -2.38. The van der Waals surface area contributed by atoms with Gasteiger partial charge in [0.25, 0.3) is 5.91 Å². The van der Waals surface area contributed by atoms with Crippen molar-refractivity contribution in [3.05, 3.63) is 54.1 Å². The topological polar surface area (TPSA) is 142 Å². The van der Waals surface area contributed by atoms with Gasteiger partial charge in [-0.15, -0.1) is 0 Å². The Morgan fingerprint density at radius 2 is 1.60 bits per heavy atom. The van der Waals surface area contributed by atoms with E-state index < -0.39 is 38.4 Å². The average molecular weight is 527 g/mol. The molecular formula is C22H30N4O7S2. The normalized spacial score (nSPS) is 11.8. The zero-order valence-corrected chi connectivity index (χ0v) is 21.6. The molecule has 0 saturated carbocycles. The summed E-state index contributed by atoms with van der Waals surface area (Å²) in [7, 11) is -3.26. The number of para-hydroxylation sites is 1. The van der Waals surface area contributed by atoms with Crippen LogP contribution in [-0.2, 0) is 29.6 Å². The number of carbonyl (C=O) groups excluding carboxylic acids is 2. The Morgan fingerprint density at radius 1 is 0.971 bits per heavy atom. The second-order valence-corrected chi connectivity index (χ2v) is 11.8. The van der Waals surface area contributed by atoms with Crippen molar-refractivity contribution in [2.45, 2.75) is 11.3 Å². The summed E-state index contributed by atoms with van der Waals surface area (Å²) in [4.78, 5) is 25.3. The van der Waals surface area contributed by atoms with Crippen LogP contribution in [-0.4, -0.2) is 80.1 Å². The molecule has 0 atom stereocenters. The second kappa shape index (κ2) is 12.1. The lowest BCUT2D eigenvalue weighted by Gasteiger charge is -2.22. The van der Waals surface area contributed by atoms with Crippen LogP contribution in [0.1, 0.15) is 16.8 Å². The van der Waals surface area contributed by atoms with Crippen molar-refractivity contribution < 1.29 is 31.2 Å². The van der Waals surface area contributed by atoms with E-state index >= 15 is 0 Å². The summed E-state index contributed by atoms with van der Waals surface area (Å²) >= 11 is 0. The van der Waals surface area contributed by atoms with E-state index in [2.05, 4.69) is 10.6 Å². The van der Waals surface area contributed by atoms with E-state index in [1.165, 1.54) is 44.4 Å². The van der Waals surface area contributed by atoms with Crippen molar-refractivity contribution in [1.29, 1.82) is 0 Å². The summed E-state index contributed by atoms with van der Waals surface area (Å²) < 4.78 is 56.2. The van der Waals surface area contributed by atoms with Gasteiger partial charge in [-0.3, -0.25) is 13.9 Å². The van der Waals surface area contributed by atoms with E-state index in [1.54, 1.807) is 25.3 Å². The minimum absolute atomic E-state index is 0.0189. The zero-order valence-electron chi connectivity index (χ0n) is 20.0. The molecule has 0 unspecified atom stereocenters. The molecule has 0 aliphatic carbocycles. The summed E-state index contributed by atoms with van der Waals surface area (Å²) in [6, 6.07) is 11.5. The van der Waals surface area contributed by atoms with E-state index in [4.69, 9.17) is 4.74 Å². The molecule has 0 radical (unpaired) electrons. The standard InChI is InChI=1S/C22H30N4O7S2/c1-25(2)35(31,32)18-12-10-17(11-13-18)26(34(4,29)30)16-21(27)24-20-9-6-5-8-19(20)22(28)23-14-7-15-33-3/h5-6,8-13H,7,14-16H2,1-4H3,(H,23,28)(H,24,27). The van der Waals surface area contributed by atoms with Crippen LogP contribution in [0.3, 0.4) is 0 Å². The van der Waals surface area contributed by atoms with Gasteiger partial charge in [0, 0.05) is 34.4 Å². The first kappa shape index (κ1) is 28.2. The van der Waals surface area contributed by atoms with Crippen molar-refractivity contribution in [1.82, 2.24) is 9.62 Å². The Balaban J connectivity index is 2.20. The third kappa shape index (κ3) is 7.75. The lowest BCUT2D eigenvalue weighted by molar-refractivity contribution is -0.114. The van der Waals surface area contributed by atoms with Crippen LogP contribution in [0.2, 0.25) is 0 Å². The van der Waals surface area contributed by atoms with Crippen molar-refractivity contribution in [2.24, 2.45) is 0 Å². The lowest BCUT2D eigenvalue weighted by atomic mass is 10.1. The molecule has 2 rings (SSSR count). The Morgan fingerprint density at radius 3 is 2.17 bits per heavy atom. The fourth-order valence-corrected chi connectivity index (χ4v) is 4.78. The van der Waals surface area contributed by atoms with Gasteiger partial charge in [0.15, 0.2) is 0 Å². The number of nitrogens with one attached hydrogen (secondary N) is 2.